The molecule has 1 heterocycles. The van der Waals surface area contributed by atoms with Crippen molar-refractivity contribution >= 4 is 22.9 Å². The van der Waals surface area contributed by atoms with Gasteiger partial charge in [0.05, 0.1) is 6.04 Å². The lowest BCUT2D eigenvalue weighted by atomic mass is 10.1. The fourth-order valence-electron chi connectivity index (χ4n) is 2.88. The van der Waals surface area contributed by atoms with Crippen LogP contribution in [-0.2, 0) is 4.79 Å². The highest BCUT2D eigenvalue weighted by atomic mass is 16.1. The molecule has 2 N–H and O–H groups in total. The van der Waals surface area contributed by atoms with Crippen LogP contribution in [0.1, 0.15) is 29.8 Å². The van der Waals surface area contributed by atoms with Gasteiger partial charge >= 0.3 is 0 Å². The average molecular weight is 329 g/mol. The monoisotopic (exact) mass is 329 g/mol. The minimum Gasteiger partial charge on any atom is -0.358 e. The van der Waals surface area contributed by atoms with Crippen molar-refractivity contribution in [3.63, 3.8) is 0 Å². The molecule has 0 saturated carbocycles. The maximum absolute atomic E-state index is 12.5. The molecular formula is C21H19N3O. The van der Waals surface area contributed by atoms with E-state index >= 15 is 0 Å². The molecule has 0 aliphatic heterocycles. The zero-order valence-corrected chi connectivity index (χ0v) is 14.2. The summed E-state index contributed by atoms with van der Waals surface area (Å²) < 4.78 is 0. The summed E-state index contributed by atoms with van der Waals surface area (Å²) in [5.74, 6) is -0.372. The summed E-state index contributed by atoms with van der Waals surface area (Å²) in [5, 5.41) is 13.3. The van der Waals surface area contributed by atoms with Gasteiger partial charge in [0.1, 0.15) is 11.6 Å². The minimum atomic E-state index is -0.372. The smallest absolute Gasteiger partial charge is 0.262 e. The van der Waals surface area contributed by atoms with Crippen molar-refractivity contribution < 1.29 is 4.79 Å². The Morgan fingerprint density at radius 2 is 1.84 bits per heavy atom. The van der Waals surface area contributed by atoms with Gasteiger partial charge in [0.25, 0.3) is 5.91 Å². The first kappa shape index (κ1) is 16.5. The lowest BCUT2D eigenvalue weighted by Gasteiger charge is -2.13. The van der Waals surface area contributed by atoms with Crippen molar-refractivity contribution in [1.29, 1.82) is 5.26 Å². The van der Waals surface area contributed by atoms with E-state index in [0.717, 1.165) is 27.7 Å². The molecule has 1 aromatic heterocycles. The number of nitriles is 1. The van der Waals surface area contributed by atoms with Crippen LogP contribution >= 0.6 is 0 Å². The number of aryl methyl sites for hydroxylation is 1. The molecule has 4 heteroatoms. The van der Waals surface area contributed by atoms with Crippen LogP contribution in [0.3, 0.4) is 0 Å². The van der Waals surface area contributed by atoms with Crippen LogP contribution < -0.4 is 5.32 Å². The van der Waals surface area contributed by atoms with E-state index in [1.165, 1.54) is 0 Å². The number of benzene rings is 2. The van der Waals surface area contributed by atoms with Crippen LogP contribution in [0.25, 0.3) is 17.0 Å². The first-order chi connectivity index (χ1) is 12.1. The van der Waals surface area contributed by atoms with E-state index in [-0.39, 0.29) is 17.5 Å². The van der Waals surface area contributed by atoms with Gasteiger partial charge in [0.2, 0.25) is 0 Å². The maximum atomic E-state index is 12.5. The van der Waals surface area contributed by atoms with Gasteiger partial charge in [-0.05, 0) is 31.6 Å². The van der Waals surface area contributed by atoms with Crippen molar-refractivity contribution in [2.75, 3.05) is 0 Å². The Morgan fingerprint density at radius 1 is 1.16 bits per heavy atom. The van der Waals surface area contributed by atoms with Crippen LogP contribution in [0.5, 0.6) is 0 Å². The Bertz CT molecular complexity index is 977. The van der Waals surface area contributed by atoms with Gasteiger partial charge < -0.3 is 10.3 Å². The van der Waals surface area contributed by atoms with Gasteiger partial charge in [0.15, 0.2) is 0 Å². The van der Waals surface area contributed by atoms with E-state index in [9.17, 15) is 10.1 Å². The number of rotatable bonds is 4. The summed E-state index contributed by atoms with van der Waals surface area (Å²) in [6.07, 6.45) is 1.65. The highest BCUT2D eigenvalue weighted by Crippen LogP contribution is 2.24. The third-order valence-corrected chi connectivity index (χ3v) is 4.24. The fourth-order valence-corrected chi connectivity index (χ4v) is 2.88. The van der Waals surface area contributed by atoms with E-state index in [2.05, 4.69) is 10.3 Å². The summed E-state index contributed by atoms with van der Waals surface area (Å²) >= 11 is 0. The Labute approximate surface area is 146 Å². The summed E-state index contributed by atoms with van der Waals surface area (Å²) in [6.45, 7) is 3.84. The second-order valence-electron chi connectivity index (χ2n) is 5.98. The second kappa shape index (κ2) is 7.06. The van der Waals surface area contributed by atoms with Crippen molar-refractivity contribution in [3.05, 3.63) is 77.0 Å². The van der Waals surface area contributed by atoms with Gasteiger partial charge in [0, 0.05) is 22.2 Å². The van der Waals surface area contributed by atoms with Crippen LogP contribution in [0, 0.1) is 18.3 Å². The number of H-pyrrole nitrogens is 1. The number of hydrogen-bond donors (Lipinski definition) is 2. The molecule has 0 spiro atoms. The molecule has 0 bridgehead atoms. The van der Waals surface area contributed by atoms with Crippen LogP contribution in [0.2, 0.25) is 0 Å². The molecule has 3 rings (SSSR count). The Balaban J connectivity index is 1.89. The average Bonchev–Trinajstić information content (AvgIpc) is 2.95. The van der Waals surface area contributed by atoms with E-state index in [1.54, 1.807) is 6.08 Å². The summed E-state index contributed by atoms with van der Waals surface area (Å²) in [5.41, 5.74) is 3.88. The standard InChI is InChI=1S/C21H19N3O/c1-14(16-8-4-3-5-9-16)24-21(25)17(13-22)12-19-15(2)23-20-11-7-6-10-18(19)20/h3-12,14,23H,1-2H3,(H,24,25)/b17-12-/t14-/m0/s1. The Morgan fingerprint density at radius 3 is 2.56 bits per heavy atom. The summed E-state index contributed by atoms with van der Waals surface area (Å²) in [4.78, 5) is 15.8. The molecule has 124 valence electrons. The van der Waals surface area contributed by atoms with Gasteiger partial charge in [-0.2, -0.15) is 5.26 Å². The van der Waals surface area contributed by atoms with E-state index < -0.39 is 0 Å². The van der Waals surface area contributed by atoms with Gasteiger partial charge in [-0.25, -0.2) is 0 Å². The number of hydrogen-bond acceptors (Lipinski definition) is 2. The van der Waals surface area contributed by atoms with Crippen molar-refractivity contribution in [3.8, 4) is 6.07 Å². The SMILES string of the molecule is Cc1[nH]c2ccccc2c1/C=C(/C#N)C(=O)N[C@@H](C)c1ccccc1. The van der Waals surface area contributed by atoms with Crippen molar-refractivity contribution in [1.82, 2.24) is 10.3 Å². The van der Waals surface area contributed by atoms with Crippen molar-refractivity contribution in [2.24, 2.45) is 0 Å². The second-order valence-corrected chi connectivity index (χ2v) is 5.98. The first-order valence-electron chi connectivity index (χ1n) is 8.15. The molecule has 1 amide bonds. The molecule has 0 aliphatic carbocycles. The minimum absolute atomic E-state index is 0.0932. The molecule has 1 atom stereocenters. The number of aromatic nitrogens is 1. The number of para-hydroxylation sites is 1. The lowest BCUT2D eigenvalue weighted by molar-refractivity contribution is -0.117. The number of carbonyl (C=O) groups excluding carboxylic acids is 1. The quantitative estimate of drug-likeness (QED) is 0.554. The number of fused-ring (bicyclic) bond motifs is 1. The first-order valence-corrected chi connectivity index (χ1v) is 8.15. The molecule has 0 saturated heterocycles. The van der Waals surface area contributed by atoms with Gasteiger partial charge in [-0.1, -0.05) is 48.5 Å². The molecule has 0 aliphatic rings. The van der Waals surface area contributed by atoms with Crippen molar-refractivity contribution in [2.45, 2.75) is 19.9 Å². The number of nitrogens with zero attached hydrogens (tertiary/aromatic N) is 1. The number of carbonyl (C=O) groups is 1. The zero-order chi connectivity index (χ0) is 17.8. The highest BCUT2D eigenvalue weighted by Gasteiger charge is 2.15. The van der Waals surface area contributed by atoms with E-state index in [4.69, 9.17) is 0 Å². The Kier molecular flexibility index (Phi) is 4.67. The normalized spacial score (nSPS) is 12.6. The molecule has 2 aromatic carbocycles. The van der Waals surface area contributed by atoms with Gasteiger partial charge in [-0.15, -0.1) is 0 Å². The third kappa shape index (κ3) is 3.46. The molecule has 25 heavy (non-hydrogen) atoms. The van der Waals surface area contributed by atoms with E-state index in [0.29, 0.717) is 0 Å². The molecule has 3 aromatic rings. The molecule has 0 radical (unpaired) electrons. The molecular weight excluding hydrogens is 310 g/mol. The highest BCUT2D eigenvalue weighted by molar-refractivity contribution is 6.04. The van der Waals surface area contributed by atoms with Crippen LogP contribution in [-0.4, -0.2) is 10.9 Å². The maximum Gasteiger partial charge on any atom is 0.262 e. The van der Waals surface area contributed by atoms with Crippen LogP contribution in [0.4, 0.5) is 0 Å². The predicted octanol–water partition coefficient (Wildman–Crippen LogP) is 4.26. The summed E-state index contributed by atoms with van der Waals surface area (Å²) in [7, 11) is 0. The lowest BCUT2D eigenvalue weighted by Crippen LogP contribution is -2.27. The predicted molar refractivity (Wildman–Crippen MR) is 99.6 cm³/mol. The topological polar surface area (TPSA) is 68.7 Å². The number of aromatic amines is 1. The largest absolute Gasteiger partial charge is 0.358 e. The Hall–Kier alpha value is -3.32. The third-order valence-electron chi connectivity index (χ3n) is 4.24. The molecule has 4 nitrogen and oxygen atoms in total. The van der Waals surface area contributed by atoms with Crippen LogP contribution in [0.15, 0.2) is 60.2 Å². The molecule has 0 fully saturated rings. The summed E-state index contributed by atoms with van der Waals surface area (Å²) in [6, 6.07) is 19.4. The zero-order valence-electron chi connectivity index (χ0n) is 14.2. The van der Waals surface area contributed by atoms with Gasteiger partial charge in [-0.3, -0.25) is 4.79 Å². The number of amides is 1. The number of nitrogens with one attached hydrogen (secondary N) is 2. The molecule has 0 unspecified atom stereocenters. The van der Waals surface area contributed by atoms with E-state index in [1.807, 2.05) is 74.5 Å². The fraction of sp³-hybridized carbons (Fsp3) is 0.143.